The Hall–Kier alpha value is -2.72. The lowest BCUT2D eigenvalue weighted by Crippen LogP contribution is -2.36. The lowest BCUT2D eigenvalue weighted by atomic mass is 10.2. The van der Waals surface area contributed by atoms with E-state index in [1.165, 1.54) is 21.8 Å². The van der Waals surface area contributed by atoms with E-state index < -0.39 is 22.5 Å². The van der Waals surface area contributed by atoms with Crippen LogP contribution in [0.1, 0.15) is 11.3 Å². The molecule has 0 fully saturated rings. The Labute approximate surface area is 159 Å². The molecule has 0 N–H and O–H groups in total. The van der Waals surface area contributed by atoms with Crippen LogP contribution in [0.3, 0.4) is 0 Å². The monoisotopic (exact) mass is 407 g/mol. The van der Waals surface area contributed by atoms with Crippen molar-refractivity contribution in [1.29, 1.82) is 0 Å². The third kappa shape index (κ3) is 4.34. The van der Waals surface area contributed by atoms with Gasteiger partial charge in [0.05, 0.1) is 17.6 Å². The third-order valence-corrected chi connectivity index (χ3v) is 5.68. The summed E-state index contributed by atoms with van der Waals surface area (Å²) in [7, 11) is -3.68. The zero-order chi connectivity index (χ0) is 19.6. The number of ether oxygens (including phenoxy) is 1. The molecule has 0 unspecified atom stereocenters. The van der Waals surface area contributed by atoms with Gasteiger partial charge in [-0.25, -0.2) is 13.4 Å². The van der Waals surface area contributed by atoms with E-state index >= 15 is 0 Å². The minimum atomic E-state index is -3.68. The second-order valence-corrected chi connectivity index (χ2v) is 8.64. The first-order valence-electron chi connectivity index (χ1n) is 7.90. The van der Waals surface area contributed by atoms with E-state index in [0.717, 1.165) is 10.6 Å². The van der Waals surface area contributed by atoms with Crippen LogP contribution in [0.15, 0.2) is 46.7 Å². The molecule has 142 valence electrons. The van der Waals surface area contributed by atoms with Crippen molar-refractivity contribution in [3.63, 3.8) is 0 Å². The predicted molar refractivity (Wildman–Crippen MR) is 103 cm³/mol. The van der Waals surface area contributed by atoms with Crippen molar-refractivity contribution < 1.29 is 17.9 Å². The van der Waals surface area contributed by atoms with Crippen molar-refractivity contribution in [1.82, 2.24) is 9.38 Å². The van der Waals surface area contributed by atoms with Gasteiger partial charge in [-0.15, -0.1) is 11.3 Å². The molecule has 0 aliphatic rings. The Bertz CT molecular complexity index is 1150. The van der Waals surface area contributed by atoms with Crippen molar-refractivity contribution in [3.05, 3.63) is 63.5 Å². The zero-order valence-electron chi connectivity index (χ0n) is 14.7. The number of fused-ring (bicyclic) bond motifs is 1. The number of para-hydroxylation sites is 1. The van der Waals surface area contributed by atoms with Gasteiger partial charge in [0.15, 0.2) is 4.96 Å². The maximum atomic E-state index is 12.2. The van der Waals surface area contributed by atoms with Crippen molar-refractivity contribution in [2.75, 3.05) is 17.1 Å². The molecule has 0 saturated heterocycles. The molecule has 2 aromatic heterocycles. The van der Waals surface area contributed by atoms with Gasteiger partial charge in [0.1, 0.15) is 13.2 Å². The summed E-state index contributed by atoms with van der Waals surface area (Å²) >= 11 is 1.29. The van der Waals surface area contributed by atoms with E-state index in [2.05, 4.69) is 4.98 Å². The summed E-state index contributed by atoms with van der Waals surface area (Å²) in [6.07, 6.45) is 2.64. The first-order chi connectivity index (χ1) is 12.8. The number of carbonyl (C=O) groups is 1. The predicted octanol–water partition coefficient (Wildman–Crippen LogP) is 1.57. The van der Waals surface area contributed by atoms with Crippen molar-refractivity contribution in [3.8, 4) is 0 Å². The zero-order valence-corrected chi connectivity index (χ0v) is 16.3. The van der Waals surface area contributed by atoms with Crippen LogP contribution in [0.25, 0.3) is 4.96 Å². The molecular weight excluding hydrogens is 390 g/mol. The minimum Gasteiger partial charge on any atom is -0.458 e. The Morgan fingerprint density at radius 2 is 2.07 bits per heavy atom. The number of carbonyl (C=O) groups excluding carboxylic acids is 1. The van der Waals surface area contributed by atoms with E-state index in [1.54, 1.807) is 42.8 Å². The standard InChI is InChI=1S/C17H17N3O5S2/c1-12-5-3-4-6-14(12)20(27(2,23)24)10-16(22)25-11-13-9-15(21)19-7-8-26-17(19)18-13/h3-9H,10-11H2,1-2H3. The second-order valence-electron chi connectivity index (χ2n) is 5.86. The summed E-state index contributed by atoms with van der Waals surface area (Å²) < 4.78 is 31.8. The molecule has 3 rings (SSSR count). The van der Waals surface area contributed by atoms with Gasteiger partial charge in [-0.05, 0) is 18.6 Å². The minimum absolute atomic E-state index is 0.214. The fourth-order valence-electron chi connectivity index (χ4n) is 2.50. The quantitative estimate of drug-likeness (QED) is 0.576. The van der Waals surface area contributed by atoms with E-state index in [4.69, 9.17) is 4.74 Å². The number of aromatic nitrogens is 2. The molecule has 8 nitrogen and oxygen atoms in total. The summed E-state index contributed by atoms with van der Waals surface area (Å²) in [5.41, 5.74) is 1.16. The van der Waals surface area contributed by atoms with Crippen LogP contribution in [0.4, 0.5) is 5.69 Å². The molecule has 0 amide bonds. The first-order valence-corrected chi connectivity index (χ1v) is 10.6. The third-order valence-electron chi connectivity index (χ3n) is 3.79. The molecule has 0 atom stereocenters. The van der Waals surface area contributed by atoms with Crippen LogP contribution in [0, 0.1) is 6.92 Å². The first kappa shape index (κ1) is 19.1. The average Bonchev–Trinajstić information content (AvgIpc) is 3.07. The van der Waals surface area contributed by atoms with Crippen LogP contribution < -0.4 is 9.86 Å². The molecule has 2 heterocycles. The maximum Gasteiger partial charge on any atom is 0.327 e. The number of rotatable bonds is 6. The SMILES string of the molecule is Cc1ccccc1N(CC(=O)OCc1cc(=O)n2ccsc2n1)S(C)(=O)=O. The van der Waals surface area contributed by atoms with Gasteiger partial charge < -0.3 is 4.74 Å². The Morgan fingerprint density at radius 3 is 2.78 bits per heavy atom. The molecular formula is C17H17N3O5S2. The fraction of sp³-hybridized carbons (Fsp3) is 0.235. The molecule has 0 aliphatic heterocycles. The number of hydrogen-bond donors (Lipinski definition) is 0. The van der Waals surface area contributed by atoms with Crippen LogP contribution in [-0.2, 0) is 26.2 Å². The summed E-state index contributed by atoms with van der Waals surface area (Å²) in [5, 5.41) is 1.73. The Morgan fingerprint density at radius 1 is 1.33 bits per heavy atom. The van der Waals surface area contributed by atoms with Crippen LogP contribution in [0.2, 0.25) is 0 Å². The number of nitrogens with zero attached hydrogens (tertiary/aromatic N) is 3. The summed E-state index contributed by atoms with van der Waals surface area (Å²) in [6.45, 7) is 1.07. The van der Waals surface area contributed by atoms with E-state index in [0.29, 0.717) is 21.9 Å². The highest BCUT2D eigenvalue weighted by atomic mass is 32.2. The topological polar surface area (TPSA) is 98.0 Å². The molecule has 10 heteroatoms. The molecule has 0 radical (unpaired) electrons. The Balaban J connectivity index is 1.74. The van der Waals surface area contributed by atoms with Gasteiger partial charge >= 0.3 is 5.97 Å². The van der Waals surface area contributed by atoms with Gasteiger partial charge in [-0.2, -0.15) is 0 Å². The Kier molecular flexibility index (Phi) is 5.29. The largest absolute Gasteiger partial charge is 0.458 e. The van der Waals surface area contributed by atoms with Crippen LogP contribution >= 0.6 is 11.3 Å². The summed E-state index contributed by atoms with van der Waals surface area (Å²) in [5.74, 6) is -0.739. The molecule has 27 heavy (non-hydrogen) atoms. The number of benzene rings is 1. The molecule has 3 aromatic rings. The number of hydrogen-bond acceptors (Lipinski definition) is 7. The molecule has 0 bridgehead atoms. The smallest absolute Gasteiger partial charge is 0.327 e. The summed E-state index contributed by atoms with van der Waals surface area (Å²) in [6, 6.07) is 8.13. The van der Waals surface area contributed by atoms with Gasteiger partial charge in [-0.3, -0.25) is 18.3 Å². The summed E-state index contributed by atoms with van der Waals surface area (Å²) in [4.78, 5) is 28.9. The van der Waals surface area contributed by atoms with Crippen LogP contribution in [-0.4, -0.2) is 36.6 Å². The highest BCUT2D eigenvalue weighted by molar-refractivity contribution is 7.92. The van der Waals surface area contributed by atoms with Crippen molar-refractivity contribution >= 4 is 38.0 Å². The number of aryl methyl sites for hydroxylation is 1. The van der Waals surface area contributed by atoms with Gasteiger partial charge in [-0.1, -0.05) is 18.2 Å². The number of anilines is 1. The second kappa shape index (κ2) is 7.49. The number of esters is 1. The molecule has 0 spiro atoms. The maximum absolute atomic E-state index is 12.2. The van der Waals surface area contributed by atoms with Crippen LogP contribution in [0.5, 0.6) is 0 Å². The number of thiazole rings is 1. The molecule has 0 saturated carbocycles. The average molecular weight is 407 g/mol. The van der Waals surface area contributed by atoms with Crippen molar-refractivity contribution in [2.24, 2.45) is 0 Å². The van der Waals surface area contributed by atoms with E-state index in [9.17, 15) is 18.0 Å². The van der Waals surface area contributed by atoms with E-state index in [1.807, 2.05) is 0 Å². The number of sulfonamides is 1. The van der Waals surface area contributed by atoms with Gasteiger partial charge in [0.2, 0.25) is 10.0 Å². The van der Waals surface area contributed by atoms with Gasteiger partial charge in [0.25, 0.3) is 5.56 Å². The molecule has 0 aliphatic carbocycles. The van der Waals surface area contributed by atoms with E-state index in [-0.39, 0.29) is 12.2 Å². The van der Waals surface area contributed by atoms with Gasteiger partial charge in [0, 0.05) is 17.6 Å². The normalized spacial score (nSPS) is 11.5. The molecule has 1 aromatic carbocycles. The lowest BCUT2D eigenvalue weighted by molar-refractivity contribution is -0.143. The highest BCUT2D eigenvalue weighted by Gasteiger charge is 2.23. The highest BCUT2D eigenvalue weighted by Crippen LogP contribution is 2.22. The lowest BCUT2D eigenvalue weighted by Gasteiger charge is -2.23. The fourth-order valence-corrected chi connectivity index (χ4v) is 4.14. The van der Waals surface area contributed by atoms with Crippen molar-refractivity contribution in [2.45, 2.75) is 13.5 Å².